The Labute approximate surface area is 86.6 Å². The van der Waals surface area contributed by atoms with Gasteiger partial charge in [0.05, 0.1) is 0 Å². The van der Waals surface area contributed by atoms with Crippen molar-refractivity contribution < 1.29 is 9.84 Å². The Balaban J connectivity index is 2.39. The van der Waals surface area contributed by atoms with Crippen LogP contribution in [0.15, 0.2) is 0 Å². The molecule has 1 atom stereocenters. The molecule has 0 aromatic rings. The molecule has 0 aromatic heterocycles. The molecule has 3 heteroatoms. The van der Waals surface area contributed by atoms with Gasteiger partial charge in [0.1, 0.15) is 0 Å². The van der Waals surface area contributed by atoms with Gasteiger partial charge < -0.3 is 15.6 Å². The summed E-state index contributed by atoms with van der Waals surface area (Å²) in [7, 11) is 0. The van der Waals surface area contributed by atoms with Gasteiger partial charge in [0.25, 0.3) is 0 Å². The van der Waals surface area contributed by atoms with Crippen LogP contribution in [0.3, 0.4) is 0 Å². The zero-order valence-electron chi connectivity index (χ0n) is 9.33. The second-order valence-corrected chi connectivity index (χ2v) is 4.99. The van der Waals surface area contributed by atoms with Crippen LogP contribution in [-0.2, 0) is 4.74 Å². The van der Waals surface area contributed by atoms with E-state index in [1.807, 2.05) is 13.8 Å². The maximum absolute atomic E-state index is 9.28. The monoisotopic (exact) mass is 201 g/mol. The van der Waals surface area contributed by atoms with Gasteiger partial charge in [-0.3, -0.25) is 0 Å². The van der Waals surface area contributed by atoms with Crippen LogP contribution in [0.25, 0.3) is 0 Å². The molecule has 1 fully saturated rings. The summed E-state index contributed by atoms with van der Waals surface area (Å²) < 4.78 is 5.31. The van der Waals surface area contributed by atoms with Gasteiger partial charge in [-0.2, -0.15) is 0 Å². The Kier molecular flexibility index (Phi) is 4.35. The normalized spacial score (nSPS) is 22.3. The number of hydrogen-bond donors (Lipinski definition) is 2. The molecule has 0 saturated carbocycles. The third-order valence-corrected chi connectivity index (χ3v) is 3.23. The van der Waals surface area contributed by atoms with E-state index in [-0.39, 0.29) is 18.1 Å². The van der Waals surface area contributed by atoms with E-state index in [0.29, 0.717) is 5.92 Å². The zero-order valence-corrected chi connectivity index (χ0v) is 9.33. The molecule has 1 unspecified atom stereocenters. The zero-order chi connectivity index (χ0) is 10.6. The van der Waals surface area contributed by atoms with E-state index in [0.717, 1.165) is 32.5 Å². The minimum absolute atomic E-state index is 0.195. The summed E-state index contributed by atoms with van der Waals surface area (Å²) in [5, 5.41) is 9.28. The van der Waals surface area contributed by atoms with E-state index in [1.165, 1.54) is 0 Å². The molecule has 3 N–H and O–H groups in total. The van der Waals surface area contributed by atoms with Gasteiger partial charge in [-0.15, -0.1) is 0 Å². The predicted octanol–water partition coefficient (Wildman–Crippen LogP) is 1.15. The molecule has 0 aliphatic carbocycles. The predicted molar refractivity (Wildman–Crippen MR) is 57.0 cm³/mol. The second-order valence-electron chi connectivity index (χ2n) is 4.99. The van der Waals surface area contributed by atoms with E-state index < -0.39 is 0 Å². The molecule has 1 saturated heterocycles. The van der Waals surface area contributed by atoms with Crippen LogP contribution >= 0.6 is 0 Å². The summed E-state index contributed by atoms with van der Waals surface area (Å²) >= 11 is 0. The maximum atomic E-state index is 9.28. The van der Waals surface area contributed by atoms with Gasteiger partial charge >= 0.3 is 0 Å². The highest BCUT2D eigenvalue weighted by Gasteiger charge is 2.28. The van der Waals surface area contributed by atoms with Crippen molar-refractivity contribution in [2.75, 3.05) is 19.8 Å². The molecule has 0 aromatic carbocycles. The first-order valence-corrected chi connectivity index (χ1v) is 5.51. The van der Waals surface area contributed by atoms with Crippen LogP contribution in [0.5, 0.6) is 0 Å². The van der Waals surface area contributed by atoms with Crippen molar-refractivity contribution in [1.82, 2.24) is 0 Å². The highest BCUT2D eigenvalue weighted by molar-refractivity contribution is 4.84. The molecule has 0 radical (unpaired) electrons. The highest BCUT2D eigenvalue weighted by Crippen LogP contribution is 2.27. The summed E-state index contributed by atoms with van der Waals surface area (Å²) in [6.07, 6.45) is 3.27. The third-order valence-electron chi connectivity index (χ3n) is 3.23. The van der Waals surface area contributed by atoms with E-state index in [4.69, 9.17) is 10.5 Å². The van der Waals surface area contributed by atoms with Crippen LogP contribution < -0.4 is 5.73 Å². The van der Waals surface area contributed by atoms with E-state index in [2.05, 4.69) is 0 Å². The van der Waals surface area contributed by atoms with E-state index in [1.54, 1.807) is 0 Å². The Morgan fingerprint density at radius 2 is 2.00 bits per heavy atom. The topological polar surface area (TPSA) is 55.5 Å². The molecule has 14 heavy (non-hydrogen) atoms. The molecular formula is C11H23NO2. The van der Waals surface area contributed by atoms with E-state index >= 15 is 0 Å². The largest absolute Gasteiger partial charge is 0.396 e. The molecule has 1 rings (SSSR count). The molecule has 84 valence electrons. The first-order valence-electron chi connectivity index (χ1n) is 5.51. The summed E-state index contributed by atoms with van der Waals surface area (Å²) in [5.74, 6) is 0.898. The fourth-order valence-corrected chi connectivity index (χ4v) is 2.00. The lowest BCUT2D eigenvalue weighted by atomic mass is 9.80. The van der Waals surface area contributed by atoms with Crippen LogP contribution in [0, 0.1) is 11.8 Å². The maximum Gasteiger partial charge on any atom is 0.0476 e. The Morgan fingerprint density at radius 1 is 1.43 bits per heavy atom. The first kappa shape index (κ1) is 12.0. The third kappa shape index (κ3) is 3.56. The summed E-state index contributed by atoms with van der Waals surface area (Å²) in [4.78, 5) is 0. The van der Waals surface area contributed by atoms with Gasteiger partial charge in [0, 0.05) is 25.4 Å². The van der Waals surface area contributed by atoms with Gasteiger partial charge in [0.15, 0.2) is 0 Å². The minimum atomic E-state index is -0.271. The molecule has 1 aliphatic rings. The molecule has 0 bridgehead atoms. The average molecular weight is 201 g/mol. The van der Waals surface area contributed by atoms with Gasteiger partial charge in [-0.05, 0) is 44.9 Å². The summed E-state index contributed by atoms with van der Waals surface area (Å²) in [6, 6.07) is 0. The van der Waals surface area contributed by atoms with Crippen LogP contribution in [0.4, 0.5) is 0 Å². The number of rotatable bonds is 4. The quantitative estimate of drug-likeness (QED) is 0.717. The van der Waals surface area contributed by atoms with Crippen LogP contribution in [-0.4, -0.2) is 30.5 Å². The lowest BCUT2D eigenvalue weighted by Crippen LogP contribution is -2.44. The lowest BCUT2D eigenvalue weighted by molar-refractivity contribution is 0.0463. The van der Waals surface area contributed by atoms with Gasteiger partial charge in [0.2, 0.25) is 0 Å². The number of ether oxygens (including phenoxy) is 1. The summed E-state index contributed by atoms with van der Waals surface area (Å²) in [5.41, 5.74) is 5.75. The molecule has 1 aliphatic heterocycles. The smallest absolute Gasteiger partial charge is 0.0476 e. The van der Waals surface area contributed by atoms with Crippen molar-refractivity contribution in [3.63, 3.8) is 0 Å². The number of hydrogen-bond acceptors (Lipinski definition) is 3. The molecule has 0 spiro atoms. The first-order chi connectivity index (χ1) is 6.54. The average Bonchev–Trinajstić information content (AvgIpc) is 2.14. The summed E-state index contributed by atoms with van der Waals surface area (Å²) in [6.45, 7) is 5.92. The molecule has 0 amide bonds. The SMILES string of the molecule is CC(C)(N)C(CO)CC1CCOCC1. The number of aliphatic hydroxyl groups excluding tert-OH is 1. The Bertz CT molecular complexity index is 159. The van der Waals surface area contributed by atoms with Crippen LogP contribution in [0.2, 0.25) is 0 Å². The fraction of sp³-hybridized carbons (Fsp3) is 1.00. The van der Waals surface area contributed by atoms with Crippen molar-refractivity contribution >= 4 is 0 Å². The Morgan fingerprint density at radius 3 is 2.43 bits per heavy atom. The fourth-order valence-electron chi connectivity index (χ4n) is 2.00. The molecule has 1 heterocycles. The van der Waals surface area contributed by atoms with Gasteiger partial charge in [-0.1, -0.05) is 0 Å². The number of nitrogens with two attached hydrogens (primary N) is 1. The lowest BCUT2D eigenvalue weighted by Gasteiger charge is -2.33. The van der Waals surface area contributed by atoms with Gasteiger partial charge in [-0.25, -0.2) is 0 Å². The van der Waals surface area contributed by atoms with Crippen molar-refractivity contribution in [1.29, 1.82) is 0 Å². The van der Waals surface area contributed by atoms with Crippen molar-refractivity contribution in [2.45, 2.75) is 38.6 Å². The van der Waals surface area contributed by atoms with E-state index in [9.17, 15) is 5.11 Å². The Hall–Kier alpha value is -0.120. The van der Waals surface area contributed by atoms with Crippen molar-refractivity contribution in [3.8, 4) is 0 Å². The number of aliphatic hydroxyl groups is 1. The highest BCUT2D eigenvalue weighted by atomic mass is 16.5. The molecular weight excluding hydrogens is 178 g/mol. The van der Waals surface area contributed by atoms with Crippen LogP contribution in [0.1, 0.15) is 33.1 Å². The minimum Gasteiger partial charge on any atom is -0.396 e. The van der Waals surface area contributed by atoms with Crippen molar-refractivity contribution in [2.24, 2.45) is 17.6 Å². The second kappa shape index (κ2) is 5.10. The van der Waals surface area contributed by atoms with Crippen molar-refractivity contribution in [3.05, 3.63) is 0 Å². The molecule has 3 nitrogen and oxygen atoms in total. The standard InChI is InChI=1S/C11H23NO2/c1-11(2,12)10(8-13)7-9-3-5-14-6-4-9/h9-10,13H,3-8,12H2,1-2H3.